The Morgan fingerprint density at radius 2 is 1.90 bits per heavy atom. The maximum atomic E-state index is 8.69. The van der Waals surface area contributed by atoms with Crippen LogP contribution in [0.5, 0.6) is 0 Å². The van der Waals surface area contributed by atoms with Gasteiger partial charge in [-0.05, 0) is 42.7 Å². The zero-order chi connectivity index (χ0) is 14.2. The topological polar surface area (TPSA) is 49.0 Å². The Hall–Kier alpha value is -2.21. The molecule has 1 heterocycles. The molecule has 1 aromatic carbocycles. The molecule has 0 fully saturated rings. The summed E-state index contributed by atoms with van der Waals surface area (Å²) in [7, 11) is 0. The van der Waals surface area contributed by atoms with E-state index in [1.165, 1.54) is 24.8 Å². The molecule has 1 N–H and O–H groups in total. The van der Waals surface area contributed by atoms with E-state index >= 15 is 0 Å². The molecule has 0 bridgehead atoms. The van der Waals surface area contributed by atoms with Crippen LogP contribution in [0.15, 0.2) is 40.8 Å². The van der Waals surface area contributed by atoms with Crippen molar-refractivity contribution in [1.29, 1.82) is 5.26 Å². The van der Waals surface area contributed by atoms with Crippen LogP contribution in [0.2, 0.25) is 0 Å². The number of aryl methyl sites for hydroxylation is 1. The van der Waals surface area contributed by atoms with Gasteiger partial charge in [-0.25, -0.2) is 0 Å². The quantitative estimate of drug-likeness (QED) is 0.752. The molecule has 0 atom stereocenters. The standard InChI is InChI=1S/C17H20N2O/c1-2-3-4-5-14-6-8-15(9-7-14)19-13-17-11-10-16(12-18)20-17/h6-11,19H,2-5,13H2,1H3. The van der Waals surface area contributed by atoms with Gasteiger partial charge in [0.05, 0.1) is 6.54 Å². The Bertz CT molecular complexity index is 563. The zero-order valence-corrected chi connectivity index (χ0v) is 11.9. The van der Waals surface area contributed by atoms with Crippen LogP contribution in [0.3, 0.4) is 0 Å². The molecular formula is C17H20N2O. The molecule has 0 radical (unpaired) electrons. The van der Waals surface area contributed by atoms with Crippen molar-refractivity contribution < 1.29 is 4.42 Å². The Morgan fingerprint density at radius 1 is 1.10 bits per heavy atom. The van der Waals surface area contributed by atoms with Crippen molar-refractivity contribution in [2.24, 2.45) is 0 Å². The third-order valence-electron chi connectivity index (χ3n) is 3.26. The molecule has 0 amide bonds. The van der Waals surface area contributed by atoms with E-state index in [-0.39, 0.29) is 0 Å². The number of hydrogen-bond acceptors (Lipinski definition) is 3. The normalized spacial score (nSPS) is 10.2. The Kier molecular flexibility index (Phi) is 5.25. The Balaban J connectivity index is 1.83. The molecule has 0 aliphatic heterocycles. The van der Waals surface area contributed by atoms with E-state index in [0.717, 1.165) is 17.9 Å². The first-order chi connectivity index (χ1) is 9.81. The predicted molar refractivity (Wildman–Crippen MR) is 80.4 cm³/mol. The lowest BCUT2D eigenvalue weighted by Crippen LogP contribution is -1.98. The lowest BCUT2D eigenvalue weighted by molar-refractivity contribution is 0.506. The van der Waals surface area contributed by atoms with Gasteiger partial charge in [-0.3, -0.25) is 0 Å². The van der Waals surface area contributed by atoms with Gasteiger partial charge < -0.3 is 9.73 Å². The van der Waals surface area contributed by atoms with Crippen LogP contribution in [0.25, 0.3) is 0 Å². The van der Waals surface area contributed by atoms with Gasteiger partial charge >= 0.3 is 0 Å². The number of nitriles is 1. The Labute approximate surface area is 120 Å². The summed E-state index contributed by atoms with van der Waals surface area (Å²) in [5.41, 5.74) is 2.45. The van der Waals surface area contributed by atoms with Crippen molar-refractivity contribution in [3.8, 4) is 6.07 Å². The third kappa shape index (κ3) is 4.17. The van der Waals surface area contributed by atoms with Crippen LogP contribution in [-0.4, -0.2) is 0 Å². The second kappa shape index (κ2) is 7.40. The van der Waals surface area contributed by atoms with Crippen LogP contribution < -0.4 is 5.32 Å². The lowest BCUT2D eigenvalue weighted by atomic mass is 10.1. The third-order valence-corrected chi connectivity index (χ3v) is 3.26. The molecule has 0 aliphatic carbocycles. The molecule has 0 spiro atoms. The average molecular weight is 268 g/mol. The van der Waals surface area contributed by atoms with Gasteiger partial charge in [0, 0.05) is 5.69 Å². The molecule has 2 rings (SSSR count). The van der Waals surface area contributed by atoms with Crippen molar-refractivity contribution in [3.05, 3.63) is 53.5 Å². The number of rotatable bonds is 7. The highest BCUT2D eigenvalue weighted by molar-refractivity contribution is 5.44. The summed E-state index contributed by atoms with van der Waals surface area (Å²) >= 11 is 0. The summed E-state index contributed by atoms with van der Waals surface area (Å²) in [4.78, 5) is 0. The highest BCUT2D eigenvalue weighted by Crippen LogP contribution is 2.14. The average Bonchev–Trinajstić information content (AvgIpc) is 2.95. The minimum atomic E-state index is 0.355. The van der Waals surface area contributed by atoms with Gasteiger partial charge in [0.25, 0.3) is 0 Å². The number of nitrogens with one attached hydrogen (secondary N) is 1. The second-order valence-electron chi connectivity index (χ2n) is 4.89. The van der Waals surface area contributed by atoms with Crippen LogP contribution in [0, 0.1) is 11.3 Å². The molecule has 104 valence electrons. The summed E-state index contributed by atoms with van der Waals surface area (Å²) in [6, 6.07) is 14.0. The van der Waals surface area contributed by atoms with Gasteiger partial charge in [0.15, 0.2) is 0 Å². The van der Waals surface area contributed by atoms with E-state index in [1.54, 1.807) is 6.07 Å². The van der Waals surface area contributed by atoms with Crippen LogP contribution >= 0.6 is 0 Å². The highest BCUT2D eigenvalue weighted by atomic mass is 16.3. The monoisotopic (exact) mass is 268 g/mol. The van der Waals surface area contributed by atoms with E-state index in [2.05, 4.69) is 36.5 Å². The van der Waals surface area contributed by atoms with Crippen LogP contribution in [-0.2, 0) is 13.0 Å². The van der Waals surface area contributed by atoms with Crippen molar-refractivity contribution in [1.82, 2.24) is 0 Å². The zero-order valence-electron chi connectivity index (χ0n) is 11.9. The number of anilines is 1. The molecule has 0 aliphatic rings. The molecule has 0 unspecified atom stereocenters. The van der Waals surface area contributed by atoms with Crippen molar-refractivity contribution in [2.75, 3.05) is 5.32 Å². The smallest absolute Gasteiger partial charge is 0.203 e. The number of benzene rings is 1. The summed E-state index contributed by atoms with van der Waals surface area (Å²) in [5.74, 6) is 1.13. The number of nitrogens with zero attached hydrogens (tertiary/aromatic N) is 1. The molecule has 3 heteroatoms. The highest BCUT2D eigenvalue weighted by Gasteiger charge is 2.01. The molecule has 20 heavy (non-hydrogen) atoms. The van der Waals surface area contributed by atoms with Gasteiger partial charge in [0.2, 0.25) is 5.76 Å². The van der Waals surface area contributed by atoms with E-state index in [9.17, 15) is 0 Å². The number of hydrogen-bond donors (Lipinski definition) is 1. The first kappa shape index (κ1) is 14.2. The predicted octanol–water partition coefficient (Wildman–Crippen LogP) is 4.50. The molecule has 1 aromatic heterocycles. The van der Waals surface area contributed by atoms with Crippen molar-refractivity contribution >= 4 is 5.69 Å². The summed E-state index contributed by atoms with van der Waals surface area (Å²) < 4.78 is 5.32. The summed E-state index contributed by atoms with van der Waals surface area (Å²) in [6.45, 7) is 2.82. The minimum Gasteiger partial charge on any atom is -0.449 e. The van der Waals surface area contributed by atoms with Gasteiger partial charge in [0.1, 0.15) is 11.8 Å². The fourth-order valence-electron chi connectivity index (χ4n) is 2.09. The molecule has 0 saturated carbocycles. The van der Waals surface area contributed by atoms with Crippen molar-refractivity contribution in [3.63, 3.8) is 0 Å². The lowest BCUT2D eigenvalue weighted by Gasteiger charge is -2.06. The van der Waals surface area contributed by atoms with Crippen LogP contribution in [0.4, 0.5) is 5.69 Å². The second-order valence-corrected chi connectivity index (χ2v) is 4.89. The molecule has 2 aromatic rings. The van der Waals surface area contributed by atoms with Gasteiger partial charge in [-0.15, -0.1) is 0 Å². The van der Waals surface area contributed by atoms with E-state index in [4.69, 9.17) is 9.68 Å². The molecule has 0 saturated heterocycles. The summed E-state index contributed by atoms with van der Waals surface area (Å²) in [6.07, 6.45) is 4.96. The fraction of sp³-hybridized carbons (Fsp3) is 0.353. The molecule has 3 nitrogen and oxygen atoms in total. The number of unbranched alkanes of at least 4 members (excludes halogenated alkanes) is 2. The molecular weight excluding hydrogens is 248 g/mol. The fourth-order valence-corrected chi connectivity index (χ4v) is 2.09. The SMILES string of the molecule is CCCCCc1ccc(NCc2ccc(C#N)o2)cc1. The number of furan rings is 1. The largest absolute Gasteiger partial charge is 0.449 e. The first-order valence-corrected chi connectivity index (χ1v) is 7.13. The minimum absolute atomic E-state index is 0.355. The van der Waals surface area contributed by atoms with Gasteiger partial charge in [-0.2, -0.15) is 5.26 Å². The van der Waals surface area contributed by atoms with E-state index in [1.807, 2.05) is 12.1 Å². The van der Waals surface area contributed by atoms with E-state index < -0.39 is 0 Å². The first-order valence-electron chi connectivity index (χ1n) is 7.13. The Morgan fingerprint density at radius 3 is 2.55 bits per heavy atom. The summed E-state index contributed by atoms with van der Waals surface area (Å²) in [5, 5.41) is 12.0. The van der Waals surface area contributed by atoms with E-state index in [0.29, 0.717) is 12.3 Å². The maximum Gasteiger partial charge on any atom is 0.203 e. The van der Waals surface area contributed by atoms with Crippen molar-refractivity contribution in [2.45, 2.75) is 39.2 Å². The van der Waals surface area contributed by atoms with Crippen LogP contribution in [0.1, 0.15) is 43.3 Å². The maximum absolute atomic E-state index is 8.69. The van der Waals surface area contributed by atoms with Gasteiger partial charge in [-0.1, -0.05) is 31.9 Å².